The van der Waals surface area contributed by atoms with Crippen molar-refractivity contribution < 1.29 is 0 Å². The maximum Gasteiger partial charge on any atom is 0.0809 e. The van der Waals surface area contributed by atoms with Gasteiger partial charge in [-0.15, -0.1) is 17.8 Å². The van der Waals surface area contributed by atoms with Gasteiger partial charge in [-0.05, 0) is 47.1 Å². The Morgan fingerprint density at radius 1 is 1.43 bits per heavy atom. The first-order valence-corrected chi connectivity index (χ1v) is 6.92. The summed E-state index contributed by atoms with van der Waals surface area (Å²) in [5.41, 5.74) is 1.37. The van der Waals surface area contributed by atoms with Crippen molar-refractivity contribution in [3.05, 3.63) is 19.4 Å². The number of hydrogen-bond acceptors (Lipinski definition) is 1. The molecule has 0 saturated carbocycles. The van der Waals surface area contributed by atoms with Crippen LogP contribution in [0.5, 0.6) is 0 Å². The Balaban J connectivity index is 2.46. The van der Waals surface area contributed by atoms with Gasteiger partial charge in [0.15, 0.2) is 0 Å². The fraction of sp³-hybridized carbons (Fsp3) is 0.500. The highest BCUT2D eigenvalue weighted by molar-refractivity contribution is 14.1. The minimum absolute atomic E-state index is 1.13. The maximum absolute atomic E-state index is 5.45. The van der Waals surface area contributed by atoms with E-state index in [-0.39, 0.29) is 0 Å². The van der Waals surface area contributed by atoms with Crippen LogP contribution in [0.3, 0.4) is 0 Å². The van der Waals surface area contributed by atoms with Gasteiger partial charge in [-0.25, -0.2) is 0 Å². The second kappa shape index (κ2) is 6.47. The van der Waals surface area contributed by atoms with E-state index in [1.807, 2.05) is 0 Å². The Labute approximate surface area is 104 Å². The molecule has 1 heterocycles. The lowest BCUT2D eigenvalue weighted by Crippen LogP contribution is -1.85. The van der Waals surface area contributed by atoms with Crippen LogP contribution in [0.25, 0.3) is 0 Å². The molecule has 0 fully saturated rings. The van der Waals surface area contributed by atoms with Crippen LogP contribution >= 0.6 is 33.9 Å². The molecule has 0 bridgehead atoms. The molecule has 1 aromatic heterocycles. The fourth-order valence-electron chi connectivity index (χ4n) is 1.45. The van der Waals surface area contributed by atoms with E-state index in [1.165, 1.54) is 34.1 Å². The summed E-state index contributed by atoms with van der Waals surface area (Å²) in [7, 11) is 0. The Kier molecular flexibility index (Phi) is 5.57. The van der Waals surface area contributed by atoms with Crippen LogP contribution in [0, 0.1) is 15.2 Å². The number of unbranched alkanes of at least 4 members (excludes halogenated alkanes) is 3. The van der Waals surface area contributed by atoms with Gasteiger partial charge < -0.3 is 0 Å². The van der Waals surface area contributed by atoms with Crippen molar-refractivity contribution in [2.75, 3.05) is 0 Å². The summed E-state index contributed by atoms with van der Waals surface area (Å²) in [5.74, 6) is 2.77. The maximum atomic E-state index is 5.45. The standard InChI is InChI=1S/C12H15IS/c1-3-5-6-7-8-10-9-12(13)14-11(10)4-2/h2,9H,3,5-8H2,1H3. The van der Waals surface area contributed by atoms with E-state index in [9.17, 15) is 0 Å². The Morgan fingerprint density at radius 2 is 2.21 bits per heavy atom. The predicted molar refractivity (Wildman–Crippen MR) is 72.8 cm³/mol. The number of thiophene rings is 1. The molecule has 0 saturated heterocycles. The van der Waals surface area contributed by atoms with Gasteiger partial charge in [-0.1, -0.05) is 32.1 Å². The van der Waals surface area contributed by atoms with Gasteiger partial charge in [-0.3, -0.25) is 0 Å². The third-order valence-corrected chi connectivity index (χ3v) is 4.08. The van der Waals surface area contributed by atoms with Gasteiger partial charge in [0.2, 0.25) is 0 Å². The molecule has 0 aliphatic rings. The highest BCUT2D eigenvalue weighted by Gasteiger charge is 2.04. The zero-order valence-corrected chi connectivity index (χ0v) is 11.5. The lowest BCUT2D eigenvalue weighted by Gasteiger charge is -1.98. The molecule has 0 nitrogen and oxygen atoms in total. The quantitative estimate of drug-likeness (QED) is 0.427. The zero-order chi connectivity index (χ0) is 10.4. The van der Waals surface area contributed by atoms with Gasteiger partial charge in [0, 0.05) is 0 Å². The van der Waals surface area contributed by atoms with Crippen molar-refractivity contribution in [2.45, 2.75) is 39.0 Å². The molecule has 14 heavy (non-hydrogen) atoms. The van der Waals surface area contributed by atoms with Crippen LogP contribution in [-0.2, 0) is 6.42 Å². The summed E-state index contributed by atoms with van der Waals surface area (Å²) in [6.45, 7) is 2.24. The summed E-state index contributed by atoms with van der Waals surface area (Å²) >= 11 is 4.07. The molecule has 0 unspecified atom stereocenters. The number of hydrogen-bond donors (Lipinski definition) is 0. The second-order valence-corrected chi connectivity index (χ2v) is 6.31. The first-order chi connectivity index (χ1) is 6.77. The van der Waals surface area contributed by atoms with Crippen LogP contribution in [-0.4, -0.2) is 0 Å². The average Bonchev–Trinajstić information content (AvgIpc) is 2.54. The number of halogens is 1. The summed E-state index contributed by atoms with van der Waals surface area (Å²) in [6.07, 6.45) is 11.8. The highest BCUT2D eigenvalue weighted by Crippen LogP contribution is 2.24. The van der Waals surface area contributed by atoms with Gasteiger partial charge >= 0.3 is 0 Å². The van der Waals surface area contributed by atoms with Crippen molar-refractivity contribution in [1.82, 2.24) is 0 Å². The predicted octanol–water partition coefficient (Wildman–Crippen LogP) is 4.46. The van der Waals surface area contributed by atoms with E-state index < -0.39 is 0 Å². The van der Waals surface area contributed by atoms with Gasteiger partial charge in [0.1, 0.15) is 0 Å². The largest absolute Gasteiger partial charge is 0.120 e. The molecule has 0 atom stereocenters. The minimum atomic E-state index is 1.13. The molecule has 2 heteroatoms. The lowest BCUT2D eigenvalue weighted by molar-refractivity contribution is 0.667. The summed E-state index contributed by atoms with van der Waals surface area (Å²) in [4.78, 5) is 1.13. The van der Waals surface area contributed by atoms with E-state index in [2.05, 4.69) is 41.5 Å². The topological polar surface area (TPSA) is 0 Å². The van der Waals surface area contributed by atoms with Crippen molar-refractivity contribution in [3.63, 3.8) is 0 Å². The van der Waals surface area contributed by atoms with Crippen molar-refractivity contribution >= 4 is 33.9 Å². The van der Waals surface area contributed by atoms with Crippen LogP contribution in [0.2, 0.25) is 0 Å². The monoisotopic (exact) mass is 318 g/mol. The number of rotatable bonds is 5. The molecule has 0 radical (unpaired) electrons. The van der Waals surface area contributed by atoms with Crippen LogP contribution in [0.15, 0.2) is 6.07 Å². The van der Waals surface area contributed by atoms with Gasteiger partial charge in [0.05, 0.1) is 7.76 Å². The third kappa shape index (κ3) is 3.62. The molecular formula is C12H15IS. The van der Waals surface area contributed by atoms with Crippen molar-refractivity contribution in [1.29, 1.82) is 0 Å². The fourth-order valence-corrected chi connectivity index (χ4v) is 3.23. The average molecular weight is 318 g/mol. The number of aryl methyl sites for hydroxylation is 1. The summed E-state index contributed by atoms with van der Waals surface area (Å²) in [5, 5.41) is 0. The minimum Gasteiger partial charge on any atom is -0.120 e. The molecule has 76 valence electrons. The van der Waals surface area contributed by atoms with E-state index >= 15 is 0 Å². The van der Waals surface area contributed by atoms with E-state index in [0.717, 1.165) is 11.3 Å². The Bertz CT molecular complexity index is 320. The molecule has 1 rings (SSSR count). The van der Waals surface area contributed by atoms with Gasteiger partial charge in [-0.2, -0.15) is 0 Å². The number of terminal acetylenes is 1. The first-order valence-electron chi connectivity index (χ1n) is 5.02. The van der Waals surface area contributed by atoms with Crippen molar-refractivity contribution in [2.24, 2.45) is 0 Å². The lowest BCUT2D eigenvalue weighted by atomic mass is 10.1. The van der Waals surface area contributed by atoms with Gasteiger partial charge in [0.25, 0.3) is 0 Å². The Hall–Kier alpha value is -0.0100. The molecule has 1 aromatic rings. The molecule has 0 N–H and O–H groups in total. The normalized spacial score (nSPS) is 10.1. The molecule has 0 amide bonds. The molecular weight excluding hydrogens is 303 g/mol. The van der Waals surface area contributed by atoms with E-state index in [0.29, 0.717) is 0 Å². The molecule has 0 spiro atoms. The molecule has 0 aromatic carbocycles. The highest BCUT2D eigenvalue weighted by atomic mass is 127. The third-order valence-electron chi connectivity index (χ3n) is 2.21. The van der Waals surface area contributed by atoms with E-state index in [4.69, 9.17) is 6.42 Å². The van der Waals surface area contributed by atoms with E-state index in [1.54, 1.807) is 11.3 Å². The molecule has 0 aliphatic heterocycles. The summed E-state index contributed by atoms with van der Waals surface area (Å²) < 4.78 is 1.31. The Morgan fingerprint density at radius 3 is 2.86 bits per heavy atom. The summed E-state index contributed by atoms with van der Waals surface area (Å²) in [6, 6.07) is 2.23. The van der Waals surface area contributed by atoms with Crippen LogP contribution < -0.4 is 0 Å². The van der Waals surface area contributed by atoms with Crippen LogP contribution in [0.4, 0.5) is 0 Å². The first kappa shape index (κ1) is 12.1. The van der Waals surface area contributed by atoms with Crippen LogP contribution in [0.1, 0.15) is 43.0 Å². The van der Waals surface area contributed by atoms with Crippen molar-refractivity contribution in [3.8, 4) is 12.3 Å². The second-order valence-electron chi connectivity index (χ2n) is 3.36. The zero-order valence-electron chi connectivity index (χ0n) is 8.48. The molecule has 0 aliphatic carbocycles. The SMILES string of the molecule is C#Cc1sc(I)cc1CCCCCC. The smallest absolute Gasteiger partial charge is 0.0809 e.